The summed E-state index contributed by atoms with van der Waals surface area (Å²) in [6.07, 6.45) is 35.1. The van der Waals surface area contributed by atoms with E-state index in [1.54, 1.807) is 0 Å². The molecule has 2 saturated carbocycles. The minimum Gasteiger partial charge on any atom is -0.315 e. The van der Waals surface area contributed by atoms with Crippen molar-refractivity contribution in [1.82, 2.24) is 15.0 Å². The maximum atomic E-state index is 6.20. The second-order valence-corrected chi connectivity index (χ2v) is 12.5. The van der Waals surface area contributed by atoms with Gasteiger partial charge < -0.3 is 9.68 Å². The molecule has 8 heteroatoms. The van der Waals surface area contributed by atoms with Crippen molar-refractivity contribution < 1.29 is 9.68 Å². The maximum Gasteiger partial charge on any atom is 0.353 e. The van der Waals surface area contributed by atoms with Crippen molar-refractivity contribution in [3.05, 3.63) is 5.28 Å². The first-order chi connectivity index (χ1) is 20.3. The van der Waals surface area contributed by atoms with Gasteiger partial charge >= 0.3 is 12.0 Å². The fraction of sp³-hybridized carbons (Fsp3) is 0.848. The number of hydrogen-bond acceptors (Lipinski definition) is 7. The van der Waals surface area contributed by atoms with Crippen LogP contribution in [0.1, 0.15) is 180 Å². The van der Waals surface area contributed by atoms with Crippen LogP contribution in [0.5, 0.6) is 12.0 Å². The predicted molar refractivity (Wildman–Crippen MR) is 170 cm³/mol. The fourth-order valence-electron chi connectivity index (χ4n) is 5.89. The zero-order chi connectivity index (χ0) is 28.6. The summed E-state index contributed by atoms with van der Waals surface area (Å²) in [5, 5.41) is 8.96. The summed E-state index contributed by atoms with van der Waals surface area (Å²) in [7, 11) is 0. The van der Waals surface area contributed by atoms with Crippen LogP contribution in [0.15, 0.2) is 10.3 Å². The summed E-state index contributed by atoms with van der Waals surface area (Å²) in [6.45, 7) is 0. The van der Waals surface area contributed by atoms with E-state index in [2.05, 4.69) is 25.3 Å². The molecule has 232 valence electrons. The van der Waals surface area contributed by atoms with Crippen LogP contribution in [0.4, 0.5) is 0 Å². The first-order valence-corrected chi connectivity index (χ1v) is 17.5. The molecule has 0 aliphatic heterocycles. The molecule has 0 bridgehead atoms. The highest BCUT2D eigenvalue weighted by Crippen LogP contribution is 2.19. The monoisotopic (exact) mass is 589 g/mol. The molecule has 41 heavy (non-hydrogen) atoms. The molecule has 2 aliphatic rings. The van der Waals surface area contributed by atoms with E-state index in [1.165, 1.54) is 128 Å². The van der Waals surface area contributed by atoms with Gasteiger partial charge in [-0.15, -0.1) is 4.98 Å². The SMILES string of the molecule is Clc1nc(ON=C2CCCCCCCCCCCCCC2)nc(ON=C2CCCCCCCCCCCCCC2)n1. The molecule has 0 radical (unpaired) electrons. The largest absolute Gasteiger partial charge is 0.353 e. The molecule has 0 atom stereocenters. The highest BCUT2D eigenvalue weighted by molar-refractivity contribution is 6.28. The van der Waals surface area contributed by atoms with E-state index in [0.29, 0.717) is 0 Å². The summed E-state index contributed by atoms with van der Waals surface area (Å²) >= 11 is 6.20. The van der Waals surface area contributed by atoms with E-state index in [-0.39, 0.29) is 17.3 Å². The Morgan fingerprint density at radius 2 is 0.610 bits per heavy atom. The Morgan fingerprint density at radius 1 is 0.366 bits per heavy atom. The van der Waals surface area contributed by atoms with Gasteiger partial charge in [-0.2, -0.15) is 9.97 Å². The van der Waals surface area contributed by atoms with Gasteiger partial charge in [0, 0.05) is 0 Å². The zero-order valence-electron chi connectivity index (χ0n) is 25.7. The van der Waals surface area contributed by atoms with E-state index < -0.39 is 0 Å². The molecule has 0 unspecified atom stereocenters. The summed E-state index contributed by atoms with van der Waals surface area (Å²) in [6, 6.07) is 0.122. The molecule has 1 aromatic heterocycles. The minimum absolute atomic E-state index is 0.0227. The molecule has 0 amide bonds. The van der Waals surface area contributed by atoms with Crippen molar-refractivity contribution in [3.63, 3.8) is 0 Å². The summed E-state index contributed by atoms with van der Waals surface area (Å²) in [5.74, 6) is 0. The Kier molecular flexibility index (Phi) is 18.8. The van der Waals surface area contributed by atoms with Crippen LogP contribution in [0.25, 0.3) is 0 Å². The third kappa shape index (κ3) is 17.1. The van der Waals surface area contributed by atoms with E-state index in [1.807, 2.05) is 0 Å². The third-order valence-electron chi connectivity index (χ3n) is 8.44. The van der Waals surface area contributed by atoms with Gasteiger partial charge in [-0.1, -0.05) is 139 Å². The number of rotatable bonds is 4. The Labute approximate surface area is 254 Å². The van der Waals surface area contributed by atoms with E-state index in [0.717, 1.165) is 62.8 Å². The lowest BCUT2D eigenvalue weighted by Gasteiger charge is -2.08. The van der Waals surface area contributed by atoms with Crippen LogP contribution in [-0.4, -0.2) is 26.4 Å². The van der Waals surface area contributed by atoms with Crippen molar-refractivity contribution >= 4 is 23.0 Å². The van der Waals surface area contributed by atoms with Crippen molar-refractivity contribution in [2.45, 2.75) is 180 Å². The van der Waals surface area contributed by atoms with Crippen LogP contribution in [-0.2, 0) is 0 Å². The van der Waals surface area contributed by atoms with Gasteiger partial charge in [0.05, 0.1) is 11.4 Å². The summed E-state index contributed by atoms with van der Waals surface area (Å²) < 4.78 is 0. The lowest BCUT2D eigenvalue weighted by atomic mass is 10.0. The molecule has 0 aromatic carbocycles. The molecular weight excluding hydrogens is 534 g/mol. The molecule has 0 spiro atoms. The third-order valence-corrected chi connectivity index (χ3v) is 8.61. The highest BCUT2D eigenvalue weighted by atomic mass is 35.5. The van der Waals surface area contributed by atoms with E-state index >= 15 is 0 Å². The molecule has 2 aliphatic carbocycles. The lowest BCUT2D eigenvalue weighted by Crippen LogP contribution is -2.06. The van der Waals surface area contributed by atoms with E-state index in [4.69, 9.17) is 21.3 Å². The summed E-state index contributed by atoms with van der Waals surface area (Å²) in [4.78, 5) is 23.9. The van der Waals surface area contributed by atoms with Gasteiger partial charge in [0.1, 0.15) is 0 Å². The number of hydrogen-bond donors (Lipinski definition) is 0. The second-order valence-electron chi connectivity index (χ2n) is 12.2. The van der Waals surface area contributed by atoms with Gasteiger partial charge in [0.15, 0.2) is 0 Å². The molecule has 7 nitrogen and oxygen atoms in total. The van der Waals surface area contributed by atoms with Gasteiger partial charge in [-0.05, 0) is 63.0 Å². The second kappa shape index (κ2) is 22.8. The van der Waals surface area contributed by atoms with Crippen molar-refractivity contribution in [1.29, 1.82) is 0 Å². The number of aromatic nitrogens is 3. The number of halogens is 1. The lowest BCUT2D eigenvalue weighted by molar-refractivity contribution is 0.276. The first-order valence-electron chi connectivity index (χ1n) is 17.2. The summed E-state index contributed by atoms with van der Waals surface area (Å²) in [5.41, 5.74) is 2.16. The Hall–Kier alpha value is -1.76. The maximum absolute atomic E-state index is 6.20. The van der Waals surface area contributed by atoms with Crippen molar-refractivity contribution in [2.75, 3.05) is 0 Å². The van der Waals surface area contributed by atoms with Gasteiger partial charge in [-0.3, -0.25) is 0 Å². The van der Waals surface area contributed by atoms with Crippen molar-refractivity contribution in [3.8, 4) is 12.0 Å². The quantitative estimate of drug-likeness (QED) is 0.326. The molecule has 0 saturated heterocycles. The van der Waals surface area contributed by atoms with Gasteiger partial charge in [0.2, 0.25) is 5.28 Å². The Bertz CT molecular complexity index is 777. The molecule has 0 N–H and O–H groups in total. The minimum atomic E-state index is 0.0227. The number of oxime groups is 2. The Balaban J connectivity index is 1.56. The molecule has 1 heterocycles. The predicted octanol–water partition coefficient (Wildman–Crippen LogP) is 10.9. The fourth-order valence-corrected chi connectivity index (χ4v) is 6.04. The van der Waals surface area contributed by atoms with Crippen LogP contribution in [0.3, 0.4) is 0 Å². The van der Waals surface area contributed by atoms with Crippen LogP contribution >= 0.6 is 11.6 Å². The molecular formula is C33H56ClN5O2. The Morgan fingerprint density at radius 3 is 0.878 bits per heavy atom. The van der Waals surface area contributed by atoms with Crippen LogP contribution < -0.4 is 9.68 Å². The van der Waals surface area contributed by atoms with Gasteiger partial charge in [0.25, 0.3) is 0 Å². The normalized spacial score (nSPS) is 20.9. The molecule has 3 rings (SSSR count). The first kappa shape index (κ1) is 33.7. The van der Waals surface area contributed by atoms with Crippen LogP contribution in [0, 0.1) is 0 Å². The average molecular weight is 590 g/mol. The smallest absolute Gasteiger partial charge is 0.315 e. The average Bonchev–Trinajstić information content (AvgIpc) is 2.99. The van der Waals surface area contributed by atoms with Crippen LogP contribution in [0.2, 0.25) is 5.28 Å². The standard InChI is InChI=1S/C33H56ClN5O2/c34-31-35-32(40-38-29-25-21-17-13-9-5-1-2-6-10-14-18-22-26-29)37-33(36-31)41-39-30-27-23-19-15-11-7-3-4-8-12-16-20-24-28-30/h1-28H2. The topological polar surface area (TPSA) is 81.9 Å². The number of nitrogens with zero attached hydrogens (tertiary/aromatic N) is 5. The zero-order valence-corrected chi connectivity index (χ0v) is 26.5. The van der Waals surface area contributed by atoms with Gasteiger partial charge in [-0.25, -0.2) is 0 Å². The van der Waals surface area contributed by atoms with Crippen molar-refractivity contribution in [2.24, 2.45) is 10.3 Å². The van der Waals surface area contributed by atoms with E-state index in [9.17, 15) is 0 Å². The highest BCUT2D eigenvalue weighted by Gasteiger charge is 2.11. The molecule has 2 fully saturated rings. The molecule has 1 aromatic rings.